The molecule has 0 atom stereocenters. The molecule has 0 unspecified atom stereocenters. The summed E-state index contributed by atoms with van der Waals surface area (Å²) in [6, 6.07) is 26.3. The number of hydrogen-bond donors (Lipinski definition) is 3. The van der Waals surface area contributed by atoms with Crippen LogP contribution in [0.1, 0.15) is 64.5 Å². The average molecular weight is 481 g/mol. The number of aromatic carboxylic acids is 3. The Morgan fingerprint density at radius 2 is 0.694 bits per heavy atom. The van der Waals surface area contributed by atoms with Crippen molar-refractivity contribution < 1.29 is 29.7 Å². The second kappa shape index (κ2) is 10.7. The van der Waals surface area contributed by atoms with Crippen molar-refractivity contribution in [3.05, 3.63) is 141 Å². The molecular weight excluding hydrogens is 456 g/mol. The van der Waals surface area contributed by atoms with E-state index < -0.39 is 17.9 Å². The molecule has 0 aromatic heterocycles. The quantitative estimate of drug-likeness (QED) is 0.289. The molecule has 0 saturated carbocycles. The minimum atomic E-state index is -1.01. The smallest absolute Gasteiger partial charge is 0.335 e. The van der Waals surface area contributed by atoms with Gasteiger partial charge in [-0.25, -0.2) is 14.4 Å². The Morgan fingerprint density at radius 3 is 0.944 bits per heavy atom. The first kappa shape index (κ1) is 24.4. The molecular formula is C30H24O6. The van der Waals surface area contributed by atoms with Crippen LogP contribution in [-0.4, -0.2) is 33.2 Å². The molecule has 0 radical (unpaired) electrons. The maximum Gasteiger partial charge on any atom is 0.335 e. The standard InChI is InChI=1S/C30H24O6/c31-28(32)25-10-4-1-7-22(25)16-19-13-20(17-23-8-2-5-11-26(23)29(33)34)15-21(14-19)18-24-9-3-6-12-27(24)30(35)36/h1-15H,16-18H2,(H,31,32)(H,33,34)(H,35,36). The van der Waals surface area contributed by atoms with Crippen molar-refractivity contribution in [1.29, 1.82) is 0 Å². The zero-order valence-electron chi connectivity index (χ0n) is 19.3. The summed E-state index contributed by atoms with van der Waals surface area (Å²) in [5.74, 6) is -3.02. The topological polar surface area (TPSA) is 112 Å². The maximum absolute atomic E-state index is 11.7. The van der Waals surface area contributed by atoms with E-state index in [0.717, 1.165) is 16.7 Å². The lowest BCUT2D eigenvalue weighted by Gasteiger charge is -2.14. The van der Waals surface area contributed by atoms with Gasteiger partial charge in [-0.15, -0.1) is 0 Å². The van der Waals surface area contributed by atoms with E-state index in [1.54, 1.807) is 72.8 Å². The van der Waals surface area contributed by atoms with E-state index in [4.69, 9.17) is 0 Å². The van der Waals surface area contributed by atoms with Crippen molar-refractivity contribution in [2.45, 2.75) is 19.3 Å². The van der Waals surface area contributed by atoms with Crippen LogP contribution in [0.4, 0.5) is 0 Å². The maximum atomic E-state index is 11.7. The molecule has 0 fully saturated rings. The summed E-state index contributed by atoms with van der Waals surface area (Å²) in [6.07, 6.45) is 1.10. The van der Waals surface area contributed by atoms with Crippen molar-refractivity contribution in [3.8, 4) is 0 Å². The Balaban J connectivity index is 1.77. The Kier molecular flexibility index (Phi) is 7.25. The van der Waals surface area contributed by atoms with Gasteiger partial charge in [0.1, 0.15) is 0 Å². The van der Waals surface area contributed by atoms with Gasteiger partial charge in [0.2, 0.25) is 0 Å². The highest BCUT2D eigenvalue weighted by atomic mass is 16.4. The van der Waals surface area contributed by atoms with Crippen LogP contribution in [0.2, 0.25) is 0 Å². The van der Waals surface area contributed by atoms with Gasteiger partial charge in [0.05, 0.1) is 16.7 Å². The van der Waals surface area contributed by atoms with Crippen LogP contribution < -0.4 is 0 Å². The van der Waals surface area contributed by atoms with Crippen LogP contribution in [0, 0.1) is 0 Å². The second-order valence-corrected chi connectivity index (χ2v) is 8.57. The molecule has 0 aliphatic heterocycles. The van der Waals surface area contributed by atoms with Gasteiger partial charge in [0.25, 0.3) is 0 Å². The summed E-state index contributed by atoms with van der Waals surface area (Å²) >= 11 is 0. The summed E-state index contributed by atoms with van der Waals surface area (Å²) in [5.41, 5.74) is 5.20. The van der Waals surface area contributed by atoms with Crippen LogP contribution >= 0.6 is 0 Å². The van der Waals surface area contributed by atoms with E-state index in [9.17, 15) is 29.7 Å². The minimum absolute atomic E-state index is 0.219. The Labute approximate surface area is 208 Å². The highest BCUT2D eigenvalue weighted by Crippen LogP contribution is 2.23. The van der Waals surface area contributed by atoms with E-state index in [1.165, 1.54) is 0 Å². The lowest BCUT2D eigenvalue weighted by Crippen LogP contribution is -2.06. The average Bonchev–Trinajstić information content (AvgIpc) is 2.84. The number of rotatable bonds is 9. The predicted octanol–water partition coefficient (Wildman–Crippen LogP) is 5.55. The van der Waals surface area contributed by atoms with Crippen LogP contribution in [0.5, 0.6) is 0 Å². The number of carboxylic acid groups (broad SMARTS) is 3. The van der Waals surface area contributed by atoms with Crippen molar-refractivity contribution in [2.24, 2.45) is 0 Å². The van der Waals surface area contributed by atoms with Crippen LogP contribution in [-0.2, 0) is 19.3 Å². The highest BCUT2D eigenvalue weighted by Gasteiger charge is 2.15. The van der Waals surface area contributed by atoms with Crippen molar-refractivity contribution in [2.75, 3.05) is 0 Å². The largest absolute Gasteiger partial charge is 0.478 e. The molecule has 0 aliphatic rings. The summed E-state index contributed by atoms with van der Waals surface area (Å²) in [6.45, 7) is 0. The first-order valence-corrected chi connectivity index (χ1v) is 11.4. The lowest BCUT2D eigenvalue weighted by molar-refractivity contribution is 0.0685. The third-order valence-corrected chi connectivity index (χ3v) is 6.04. The van der Waals surface area contributed by atoms with E-state index in [-0.39, 0.29) is 16.7 Å². The fourth-order valence-electron chi connectivity index (χ4n) is 4.45. The summed E-state index contributed by atoms with van der Waals surface area (Å²) in [5, 5.41) is 28.8. The van der Waals surface area contributed by atoms with Crippen LogP contribution in [0.25, 0.3) is 0 Å². The fraction of sp³-hybridized carbons (Fsp3) is 0.100. The number of carboxylic acids is 3. The monoisotopic (exact) mass is 480 g/mol. The molecule has 36 heavy (non-hydrogen) atoms. The van der Waals surface area contributed by atoms with Gasteiger partial charge >= 0.3 is 17.9 Å². The molecule has 4 aromatic carbocycles. The van der Waals surface area contributed by atoms with Gasteiger partial charge in [0.15, 0.2) is 0 Å². The summed E-state index contributed by atoms with van der Waals surface area (Å²) < 4.78 is 0. The second-order valence-electron chi connectivity index (χ2n) is 8.57. The van der Waals surface area contributed by atoms with E-state index >= 15 is 0 Å². The van der Waals surface area contributed by atoms with Crippen LogP contribution in [0.15, 0.2) is 91.0 Å². The Bertz CT molecular complexity index is 1270. The first-order valence-electron chi connectivity index (χ1n) is 11.4. The molecule has 4 rings (SSSR count). The van der Waals surface area contributed by atoms with E-state index in [2.05, 4.69) is 0 Å². The fourth-order valence-corrected chi connectivity index (χ4v) is 4.45. The number of hydrogen-bond acceptors (Lipinski definition) is 3. The Hall–Kier alpha value is -4.71. The normalized spacial score (nSPS) is 10.7. The number of benzene rings is 4. The number of carbonyl (C=O) groups is 3. The molecule has 0 aliphatic carbocycles. The SMILES string of the molecule is O=C(O)c1ccccc1Cc1cc(Cc2ccccc2C(=O)O)cc(Cc2ccccc2C(=O)O)c1. The summed E-state index contributed by atoms with van der Waals surface area (Å²) in [7, 11) is 0. The third-order valence-electron chi connectivity index (χ3n) is 6.04. The minimum Gasteiger partial charge on any atom is -0.478 e. The third kappa shape index (κ3) is 5.67. The molecule has 4 aromatic rings. The molecule has 0 heterocycles. The predicted molar refractivity (Wildman–Crippen MR) is 135 cm³/mol. The van der Waals surface area contributed by atoms with Crippen LogP contribution in [0.3, 0.4) is 0 Å². The molecule has 3 N–H and O–H groups in total. The van der Waals surface area contributed by atoms with E-state index in [1.807, 2.05) is 18.2 Å². The molecule has 6 heteroatoms. The zero-order chi connectivity index (χ0) is 25.7. The molecule has 0 spiro atoms. The van der Waals surface area contributed by atoms with Crippen molar-refractivity contribution >= 4 is 17.9 Å². The van der Waals surface area contributed by atoms with Crippen molar-refractivity contribution in [3.63, 3.8) is 0 Å². The Morgan fingerprint density at radius 1 is 0.444 bits per heavy atom. The van der Waals surface area contributed by atoms with Gasteiger partial charge in [-0.05, 0) is 70.8 Å². The summed E-state index contributed by atoms with van der Waals surface area (Å²) in [4.78, 5) is 35.2. The van der Waals surface area contributed by atoms with Crippen molar-refractivity contribution in [1.82, 2.24) is 0 Å². The van der Waals surface area contributed by atoms with Gasteiger partial charge < -0.3 is 15.3 Å². The molecule has 180 valence electrons. The molecule has 0 amide bonds. The first-order chi connectivity index (χ1) is 17.3. The lowest BCUT2D eigenvalue weighted by atomic mass is 9.91. The molecule has 0 saturated heterocycles. The van der Waals surface area contributed by atoms with E-state index in [0.29, 0.717) is 36.0 Å². The van der Waals surface area contributed by atoms with Gasteiger partial charge in [-0.2, -0.15) is 0 Å². The van der Waals surface area contributed by atoms with Gasteiger partial charge in [-0.1, -0.05) is 72.8 Å². The van der Waals surface area contributed by atoms with Gasteiger partial charge in [0, 0.05) is 0 Å². The molecule has 6 nitrogen and oxygen atoms in total. The highest BCUT2D eigenvalue weighted by molar-refractivity contribution is 5.90. The molecule has 0 bridgehead atoms. The van der Waals surface area contributed by atoms with Gasteiger partial charge in [-0.3, -0.25) is 0 Å². The zero-order valence-corrected chi connectivity index (χ0v) is 19.3.